The van der Waals surface area contributed by atoms with Crippen molar-refractivity contribution in [2.45, 2.75) is 0 Å². The van der Waals surface area contributed by atoms with E-state index in [9.17, 15) is 4.57 Å². The summed E-state index contributed by atoms with van der Waals surface area (Å²) in [5, 5.41) is 0.915. The van der Waals surface area contributed by atoms with Gasteiger partial charge < -0.3 is 0 Å². The van der Waals surface area contributed by atoms with E-state index in [4.69, 9.17) is 0 Å². The standard InChI is InChI=1S/C6H4IOP/c7-5-3-1-2-4-6(5)9-8/h1-4H/p+1. The molecular formula is C6H5IOP+. The second-order valence-corrected chi connectivity index (χ2v) is 3.49. The lowest BCUT2D eigenvalue weighted by Crippen LogP contribution is -1.94. The van der Waals surface area contributed by atoms with Gasteiger partial charge in [0.1, 0.15) is 0 Å². The van der Waals surface area contributed by atoms with E-state index in [2.05, 4.69) is 22.6 Å². The minimum atomic E-state index is -0.329. The molecule has 1 rings (SSSR count). The van der Waals surface area contributed by atoms with Gasteiger partial charge in [-0.05, 0) is 34.7 Å². The van der Waals surface area contributed by atoms with Crippen LogP contribution in [0.5, 0.6) is 0 Å². The maximum Gasteiger partial charge on any atom is 0.364 e. The molecule has 3 heteroatoms. The van der Waals surface area contributed by atoms with Crippen LogP contribution in [-0.4, -0.2) is 0 Å². The van der Waals surface area contributed by atoms with Gasteiger partial charge in [0.05, 0.1) is 3.57 Å². The van der Waals surface area contributed by atoms with Crippen LogP contribution in [0, 0.1) is 3.57 Å². The van der Waals surface area contributed by atoms with E-state index in [0.29, 0.717) is 0 Å². The molecule has 0 aromatic heterocycles. The number of hydrogen-bond donors (Lipinski definition) is 0. The van der Waals surface area contributed by atoms with Crippen LogP contribution in [0.1, 0.15) is 0 Å². The Balaban J connectivity index is 3.15. The molecule has 0 aliphatic carbocycles. The Morgan fingerprint density at radius 3 is 2.44 bits per heavy atom. The van der Waals surface area contributed by atoms with Crippen molar-refractivity contribution in [3.63, 3.8) is 0 Å². The van der Waals surface area contributed by atoms with Gasteiger partial charge in [0.15, 0.2) is 0 Å². The second-order valence-electron chi connectivity index (χ2n) is 1.58. The normalized spacial score (nSPS) is 9.89. The molecule has 0 bridgehead atoms. The average molecular weight is 251 g/mol. The minimum absolute atomic E-state index is 0.329. The lowest BCUT2D eigenvalue weighted by atomic mass is 10.4. The van der Waals surface area contributed by atoms with E-state index in [0.717, 1.165) is 8.87 Å². The Morgan fingerprint density at radius 2 is 2.00 bits per heavy atom. The van der Waals surface area contributed by atoms with E-state index in [1.54, 1.807) is 0 Å². The minimum Gasteiger partial charge on any atom is -0.0707 e. The number of halogens is 1. The molecule has 0 radical (unpaired) electrons. The average Bonchev–Trinajstić information content (AvgIpc) is 1.89. The third-order valence-electron chi connectivity index (χ3n) is 0.984. The fourth-order valence-corrected chi connectivity index (χ4v) is 1.61. The van der Waals surface area contributed by atoms with Crippen molar-refractivity contribution in [1.29, 1.82) is 0 Å². The predicted molar refractivity (Wildman–Crippen MR) is 47.8 cm³/mol. The van der Waals surface area contributed by atoms with Crippen molar-refractivity contribution in [3.8, 4) is 0 Å². The van der Waals surface area contributed by atoms with Gasteiger partial charge in [0, 0.05) is 0 Å². The highest BCUT2D eigenvalue weighted by atomic mass is 127. The summed E-state index contributed by atoms with van der Waals surface area (Å²) in [7, 11) is -0.329. The van der Waals surface area contributed by atoms with Crippen LogP contribution in [0.25, 0.3) is 0 Å². The summed E-state index contributed by atoms with van der Waals surface area (Å²) in [6, 6.07) is 7.64. The first kappa shape index (κ1) is 7.16. The Labute approximate surface area is 68.8 Å². The Morgan fingerprint density at radius 1 is 1.33 bits per heavy atom. The molecule has 0 aliphatic rings. The molecule has 0 saturated carbocycles. The topological polar surface area (TPSA) is 17.1 Å². The van der Waals surface area contributed by atoms with Crippen LogP contribution < -0.4 is 5.30 Å². The summed E-state index contributed by atoms with van der Waals surface area (Å²) in [6.07, 6.45) is 0. The largest absolute Gasteiger partial charge is 0.364 e. The molecule has 0 fully saturated rings. The van der Waals surface area contributed by atoms with Crippen LogP contribution in [0.2, 0.25) is 0 Å². The third kappa shape index (κ3) is 1.73. The van der Waals surface area contributed by atoms with Crippen molar-refractivity contribution in [1.82, 2.24) is 0 Å². The SMILES string of the molecule is O=[PH+]c1ccccc1I. The zero-order valence-electron chi connectivity index (χ0n) is 4.60. The van der Waals surface area contributed by atoms with Crippen molar-refractivity contribution < 1.29 is 4.57 Å². The molecule has 0 N–H and O–H groups in total. The first-order chi connectivity index (χ1) is 4.34. The van der Waals surface area contributed by atoms with E-state index in [1.807, 2.05) is 24.3 Å². The number of rotatable bonds is 1. The molecule has 1 aromatic carbocycles. The maximum atomic E-state index is 10.4. The lowest BCUT2D eigenvalue weighted by Gasteiger charge is -1.83. The van der Waals surface area contributed by atoms with E-state index in [-0.39, 0.29) is 8.46 Å². The fraction of sp³-hybridized carbons (Fsp3) is 0. The van der Waals surface area contributed by atoms with Gasteiger partial charge in [0.25, 0.3) is 0 Å². The van der Waals surface area contributed by atoms with Crippen LogP contribution in [0.4, 0.5) is 0 Å². The number of benzene rings is 1. The predicted octanol–water partition coefficient (Wildman–Crippen LogP) is 1.94. The van der Waals surface area contributed by atoms with E-state index < -0.39 is 0 Å². The molecule has 46 valence electrons. The molecule has 0 heterocycles. The summed E-state index contributed by atoms with van der Waals surface area (Å²) >= 11 is 2.17. The smallest absolute Gasteiger partial charge is 0.0707 e. The molecule has 0 aliphatic heterocycles. The van der Waals surface area contributed by atoms with Gasteiger partial charge in [-0.1, -0.05) is 16.7 Å². The summed E-state index contributed by atoms with van der Waals surface area (Å²) < 4.78 is 11.4. The van der Waals surface area contributed by atoms with Crippen molar-refractivity contribution >= 4 is 36.4 Å². The van der Waals surface area contributed by atoms with Crippen molar-refractivity contribution in [2.24, 2.45) is 0 Å². The Bertz CT molecular complexity index is 224. The van der Waals surface area contributed by atoms with Crippen LogP contribution in [0.3, 0.4) is 0 Å². The van der Waals surface area contributed by atoms with Gasteiger partial charge >= 0.3 is 8.46 Å². The highest BCUT2D eigenvalue weighted by molar-refractivity contribution is 14.1. The third-order valence-corrected chi connectivity index (χ3v) is 3.09. The van der Waals surface area contributed by atoms with Gasteiger partial charge in [-0.2, -0.15) is 0 Å². The monoisotopic (exact) mass is 251 g/mol. The molecule has 1 aromatic rings. The molecule has 0 amide bonds. The summed E-state index contributed by atoms with van der Waals surface area (Å²) in [4.78, 5) is 0. The van der Waals surface area contributed by atoms with Gasteiger partial charge in [-0.15, -0.1) is 0 Å². The van der Waals surface area contributed by atoms with Crippen molar-refractivity contribution in [2.75, 3.05) is 0 Å². The zero-order valence-corrected chi connectivity index (χ0v) is 7.75. The highest BCUT2D eigenvalue weighted by Crippen LogP contribution is 2.05. The van der Waals surface area contributed by atoms with Crippen LogP contribution >= 0.6 is 31.1 Å². The molecule has 1 nitrogen and oxygen atoms in total. The molecule has 1 unspecified atom stereocenters. The first-order valence-corrected chi connectivity index (χ1v) is 4.46. The molecule has 1 atom stereocenters. The summed E-state index contributed by atoms with van der Waals surface area (Å²) in [5.74, 6) is 0. The lowest BCUT2D eigenvalue weighted by molar-refractivity contribution is 0.603. The Hall–Kier alpha value is 0.0500. The van der Waals surface area contributed by atoms with E-state index >= 15 is 0 Å². The Kier molecular flexibility index (Phi) is 2.61. The van der Waals surface area contributed by atoms with Gasteiger partial charge in [0.2, 0.25) is 5.30 Å². The first-order valence-electron chi connectivity index (χ1n) is 2.47. The second kappa shape index (κ2) is 3.28. The van der Waals surface area contributed by atoms with Gasteiger partial charge in [-0.25, -0.2) is 0 Å². The molecular weight excluding hydrogens is 246 g/mol. The molecule has 0 spiro atoms. The molecule has 0 saturated heterocycles. The summed E-state index contributed by atoms with van der Waals surface area (Å²) in [6.45, 7) is 0. The number of hydrogen-bond acceptors (Lipinski definition) is 1. The quantitative estimate of drug-likeness (QED) is 0.550. The fourth-order valence-electron chi connectivity index (χ4n) is 0.544. The van der Waals surface area contributed by atoms with E-state index in [1.165, 1.54) is 0 Å². The van der Waals surface area contributed by atoms with Gasteiger partial charge in [-0.3, -0.25) is 0 Å². The highest BCUT2D eigenvalue weighted by Gasteiger charge is 2.02. The van der Waals surface area contributed by atoms with Crippen LogP contribution in [-0.2, 0) is 4.57 Å². The zero-order chi connectivity index (χ0) is 6.69. The molecule has 9 heavy (non-hydrogen) atoms. The van der Waals surface area contributed by atoms with Crippen LogP contribution in [0.15, 0.2) is 24.3 Å². The summed E-state index contributed by atoms with van der Waals surface area (Å²) in [5.41, 5.74) is 0. The van der Waals surface area contributed by atoms with Crippen molar-refractivity contribution in [3.05, 3.63) is 27.8 Å². The maximum absolute atomic E-state index is 10.4.